The maximum atomic E-state index is 12.9. The predicted octanol–water partition coefficient (Wildman–Crippen LogP) is 3.33. The molecule has 0 saturated heterocycles. The molecule has 0 spiro atoms. The Labute approximate surface area is 70.9 Å². The van der Waals surface area contributed by atoms with Gasteiger partial charge in [0.2, 0.25) is 0 Å². The topological polar surface area (TPSA) is 13.1 Å². The van der Waals surface area contributed by atoms with Crippen LogP contribution in [0.15, 0.2) is 33.4 Å². The van der Waals surface area contributed by atoms with Crippen molar-refractivity contribution < 1.29 is 8.81 Å². The summed E-state index contributed by atoms with van der Waals surface area (Å²) in [5, 5.41) is 0.513. The van der Waals surface area contributed by atoms with Crippen LogP contribution >= 0.6 is 15.9 Å². The maximum absolute atomic E-state index is 12.9. The molecular weight excluding hydrogens is 211 g/mol. The highest BCUT2D eigenvalue weighted by Gasteiger charge is 2.04. The second-order valence-electron chi connectivity index (χ2n) is 2.20. The third-order valence-corrected chi connectivity index (χ3v) is 1.87. The first-order valence-electron chi connectivity index (χ1n) is 3.11. The molecule has 3 heteroatoms. The Kier molecular flexibility index (Phi) is 1.46. The van der Waals surface area contributed by atoms with Crippen molar-refractivity contribution in [1.29, 1.82) is 0 Å². The number of benzene rings is 1. The molecule has 0 aliphatic carbocycles. The second kappa shape index (κ2) is 2.34. The summed E-state index contributed by atoms with van der Waals surface area (Å²) in [6.45, 7) is 0. The van der Waals surface area contributed by atoms with Gasteiger partial charge < -0.3 is 4.42 Å². The zero-order valence-corrected chi connectivity index (χ0v) is 7.06. The first-order chi connectivity index (χ1) is 5.27. The smallest absolute Gasteiger partial charge is 0.170 e. The highest BCUT2D eigenvalue weighted by Crippen LogP contribution is 2.24. The Bertz CT molecular complexity index is 394. The Morgan fingerprint density at radius 2 is 2.18 bits per heavy atom. The molecule has 1 aromatic carbocycles. The molecule has 56 valence electrons. The van der Waals surface area contributed by atoms with Crippen LogP contribution in [-0.2, 0) is 0 Å². The number of halogens is 2. The fourth-order valence-corrected chi connectivity index (χ4v) is 1.40. The van der Waals surface area contributed by atoms with Crippen LogP contribution < -0.4 is 0 Å². The van der Waals surface area contributed by atoms with Crippen LogP contribution in [0.1, 0.15) is 0 Å². The van der Waals surface area contributed by atoms with Gasteiger partial charge in [0.15, 0.2) is 4.67 Å². The van der Waals surface area contributed by atoms with E-state index in [4.69, 9.17) is 4.42 Å². The fourth-order valence-electron chi connectivity index (χ4n) is 0.994. The van der Waals surface area contributed by atoms with Gasteiger partial charge in [0.25, 0.3) is 0 Å². The highest BCUT2D eigenvalue weighted by atomic mass is 79.9. The molecule has 0 N–H and O–H groups in total. The van der Waals surface area contributed by atoms with Crippen molar-refractivity contribution in [2.24, 2.45) is 0 Å². The maximum Gasteiger partial charge on any atom is 0.170 e. The van der Waals surface area contributed by atoms with Gasteiger partial charge in [-0.15, -0.1) is 0 Å². The first kappa shape index (κ1) is 6.85. The summed E-state index contributed by atoms with van der Waals surface area (Å²) in [6.07, 6.45) is 0. The van der Waals surface area contributed by atoms with Gasteiger partial charge in [0.05, 0.1) is 5.39 Å². The average Bonchev–Trinajstić information content (AvgIpc) is 2.31. The van der Waals surface area contributed by atoms with E-state index in [1.807, 2.05) is 0 Å². The molecule has 0 fully saturated rings. The van der Waals surface area contributed by atoms with Crippen molar-refractivity contribution >= 4 is 26.9 Å². The Hall–Kier alpha value is -0.830. The molecular formula is C8H4BrFO. The molecule has 1 heterocycles. The number of rotatable bonds is 0. The van der Waals surface area contributed by atoms with E-state index in [9.17, 15) is 4.39 Å². The molecule has 1 nitrogen and oxygen atoms in total. The zero-order valence-electron chi connectivity index (χ0n) is 5.47. The lowest BCUT2D eigenvalue weighted by Crippen LogP contribution is -1.70. The molecule has 0 bridgehead atoms. The van der Waals surface area contributed by atoms with E-state index in [1.54, 1.807) is 18.2 Å². The van der Waals surface area contributed by atoms with E-state index < -0.39 is 0 Å². The van der Waals surface area contributed by atoms with Gasteiger partial charge >= 0.3 is 0 Å². The van der Waals surface area contributed by atoms with Gasteiger partial charge in [-0.1, -0.05) is 6.07 Å². The van der Waals surface area contributed by atoms with Gasteiger partial charge in [-0.25, -0.2) is 4.39 Å². The number of hydrogen-bond donors (Lipinski definition) is 0. The van der Waals surface area contributed by atoms with Gasteiger partial charge in [0, 0.05) is 6.07 Å². The minimum absolute atomic E-state index is 0.253. The summed E-state index contributed by atoms with van der Waals surface area (Å²) in [7, 11) is 0. The Morgan fingerprint density at radius 1 is 1.36 bits per heavy atom. The summed E-state index contributed by atoms with van der Waals surface area (Å²) in [6, 6.07) is 6.37. The lowest BCUT2D eigenvalue weighted by atomic mass is 10.2. The highest BCUT2D eigenvalue weighted by molar-refractivity contribution is 9.10. The van der Waals surface area contributed by atoms with Crippen LogP contribution in [0.3, 0.4) is 0 Å². The quantitative estimate of drug-likeness (QED) is 0.656. The van der Waals surface area contributed by atoms with Crippen molar-refractivity contribution in [3.63, 3.8) is 0 Å². The summed E-state index contributed by atoms with van der Waals surface area (Å²) in [5.41, 5.74) is 0.567. The van der Waals surface area contributed by atoms with E-state index in [2.05, 4.69) is 15.9 Å². The minimum Gasteiger partial charge on any atom is -0.449 e. The van der Waals surface area contributed by atoms with Gasteiger partial charge in [-0.2, -0.15) is 0 Å². The molecule has 0 amide bonds. The zero-order chi connectivity index (χ0) is 7.84. The van der Waals surface area contributed by atoms with Crippen molar-refractivity contribution in [3.8, 4) is 0 Å². The molecule has 1 aromatic heterocycles. The molecule has 0 radical (unpaired) electrons. The van der Waals surface area contributed by atoms with Gasteiger partial charge in [-0.3, -0.25) is 0 Å². The fraction of sp³-hybridized carbons (Fsp3) is 0. The lowest BCUT2D eigenvalue weighted by Gasteiger charge is -1.86. The average molecular weight is 215 g/mol. The second-order valence-corrected chi connectivity index (χ2v) is 2.98. The van der Waals surface area contributed by atoms with E-state index in [1.165, 1.54) is 6.07 Å². The lowest BCUT2D eigenvalue weighted by molar-refractivity contribution is 0.585. The van der Waals surface area contributed by atoms with E-state index >= 15 is 0 Å². The van der Waals surface area contributed by atoms with Crippen LogP contribution in [-0.4, -0.2) is 0 Å². The monoisotopic (exact) mass is 214 g/mol. The molecule has 0 aliphatic rings. The molecule has 2 aromatic rings. The van der Waals surface area contributed by atoms with Crippen molar-refractivity contribution in [2.75, 3.05) is 0 Å². The van der Waals surface area contributed by atoms with Crippen LogP contribution in [0.4, 0.5) is 4.39 Å². The van der Waals surface area contributed by atoms with E-state index in [-0.39, 0.29) is 5.82 Å². The normalized spacial score (nSPS) is 10.7. The first-order valence-corrected chi connectivity index (χ1v) is 3.90. The third kappa shape index (κ3) is 1.05. The Balaban J connectivity index is 2.90. The SMILES string of the molecule is Fc1cccc2oc(Br)cc12. The molecule has 0 saturated carbocycles. The Morgan fingerprint density at radius 3 is 2.91 bits per heavy atom. The predicted molar refractivity (Wildman–Crippen MR) is 43.9 cm³/mol. The third-order valence-electron chi connectivity index (χ3n) is 1.48. The van der Waals surface area contributed by atoms with Crippen molar-refractivity contribution in [2.45, 2.75) is 0 Å². The molecule has 2 rings (SSSR count). The van der Waals surface area contributed by atoms with Gasteiger partial charge in [-0.05, 0) is 28.1 Å². The summed E-state index contributed by atoms with van der Waals surface area (Å²) >= 11 is 3.13. The van der Waals surface area contributed by atoms with E-state index in [0.29, 0.717) is 15.6 Å². The largest absolute Gasteiger partial charge is 0.449 e. The molecule has 0 aliphatic heterocycles. The van der Waals surface area contributed by atoms with Gasteiger partial charge in [0.1, 0.15) is 11.4 Å². The molecule has 0 unspecified atom stereocenters. The summed E-state index contributed by atoms with van der Waals surface area (Å²) < 4.78 is 18.6. The summed E-state index contributed by atoms with van der Waals surface area (Å²) in [5.74, 6) is -0.253. The molecule has 0 atom stereocenters. The summed E-state index contributed by atoms with van der Waals surface area (Å²) in [4.78, 5) is 0. The molecule has 11 heavy (non-hydrogen) atoms. The number of hydrogen-bond acceptors (Lipinski definition) is 1. The van der Waals surface area contributed by atoms with Crippen LogP contribution in [0.2, 0.25) is 0 Å². The van der Waals surface area contributed by atoms with Crippen molar-refractivity contribution in [3.05, 3.63) is 34.8 Å². The number of fused-ring (bicyclic) bond motifs is 1. The van der Waals surface area contributed by atoms with Crippen molar-refractivity contribution in [1.82, 2.24) is 0 Å². The van der Waals surface area contributed by atoms with Crippen LogP contribution in [0.25, 0.3) is 11.0 Å². The van der Waals surface area contributed by atoms with Crippen LogP contribution in [0.5, 0.6) is 0 Å². The standard InChI is InChI=1S/C8H4BrFO/c9-8-4-5-6(10)2-1-3-7(5)11-8/h1-4H. The van der Waals surface area contributed by atoms with E-state index in [0.717, 1.165) is 0 Å². The van der Waals surface area contributed by atoms with Crippen LogP contribution in [0, 0.1) is 5.82 Å². The minimum atomic E-state index is -0.253. The number of furan rings is 1.